The molecular weight excluding hydrogens is 182 g/mol. The Bertz CT molecular complexity index is 261. The van der Waals surface area contributed by atoms with Crippen LogP contribution in [0.1, 0.15) is 53.4 Å². The zero-order valence-electron chi connectivity index (χ0n) is 10.9. The Morgan fingerprint density at radius 3 is 2.20 bits per heavy atom. The quantitative estimate of drug-likeness (QED) is 0.611. The smallest absolute Gasteiger partial charge is 0.0313 e. The molecular formula is C14H25N. The van der Waals surface area contributed by atoms with Gasteiger partial charge in [0.05, 0.1) is 0 Å². The van der Waals surface area contributed by atoms with E-state index in [0.717, 1.165) is 11.6 Å². The maximum atomic E-state index is 4.19. The van der Waals surface area contributed by atoms with Crippen molar-refractivity contribution in [3.05, 3.63) is 11.6 Å². The van der Waals surface area contributed by atoms with E-state index < -0.39 is 0 Å². The van der Waals surface area contributed by atoms with Crippen LogP contribution in [0.15, 0.2) is 16.6 Å². The van der Waals surface area contributed by atoms with E-state index in [-0.39, 0.29) is 0 Å². The van der Waals surface area contributed by atoms with Crippen molar-refractivity contribution in [1.82, 2.24) is 0 Å². The second kappa shape index (κ2) is 4.96. The second-order valence-corrected chi connectivity index (χ2v) is 5.07. The van der Waals surface area contributed by atoms with Crippen LogP contribution < -0.4 is 0 Å². The monoisotopic (exact) mass is 207 g/mol. The topological polar surface area (TPSA) is 12.4 Å². The molecule has 1 heteroatoms. The van der Waals surface area contributed by atoms with Gasteiger partial charge >= 0.3 is 0 Å². The minimum absolute atomic E-state index is 0.664. The van der Waals surface area contributed by atoms with Gasteiger partial charge in [-0.1, -0.05) is 32.3 Å². The molecule has 15 heavy (non-hydrogen) atoms. The molecule has 1 nitrogen and oxygen atoms in total. The lowest BCUT2D eigenvalue weighted by molar-refractivity contribution is 0.0668. The van der Waals surface area contributed by atoms with Crippen LogP contribution in [0.2, 0.25) is 0 Å². The minimum Gasteiger partial charge on any atom is -0.293 e. The summed E-state index contributed by atoms with van der Waals surface area (Å²) in [5.41, 5.74) is 3.34. The van der Waals surface area contributed by atoms with E-state index in [9.17, 15) is 0 Å². The molecule has 86 valence electrons. The second-order valence-electron chi connectivity index (χ2n) is 5.07. The van der Waals surface area contributed by atoms with E-state index >= 15 is 0 Å². The van der Waals surface area contributed by atoms with Crippen LogP contribution in [0.5, 0.6) is 0 Å². The van der Waals surface area contributed by atoms with Crippen molar-refractivity contribution in [2.24, 2.45) is 16.3 Å². The van der Waals surface area contributed by atoms with Gasteiger partial charge in [0.1, 0.15) is 0 Å². The Morgan fingerprint density at radius 1 is 1.27 bits per heavy atom. The molecule has 0 bridgehead atoms. The van der Waals surface area contributed by atoms with Gasteiger partial charge in [0.25, 0.3) is 0 Å². The fraction of sp³-hybridized carbons (Fsp3) is 0.786. The molecule has 1 saturated carbocycles. The summed E-state index contributed by atoms with van der Waals surface area (Å²) >= 11 is 0. The fourth-order valence-electron chi connectivity index (χ4n) is 2.65. The molecule has 0 atom stereocenters. The Kier molecular flexibility index (Phi) is 4.12. The van der Waals surface area contributed by atoms with Gasteiger partial charge < -0.3 is 0 Å². The number of hydrogen-bond donors (Lipinski definition) is 0. The number of nitrogens with zero attached hydrogens (tertiary/aromatic N) is 1. The van der Waals surface area contributed by atoms with Crippen molar-refractivity contribution in [3.8, 4) is 0 Å². The molecule has 0 aromatic rings. The molecule has 0 spiro atoms. The number of rotatable bonds is 4. The molecule has 0 aromatic carbocycles. The first kappa shape index (κ1) is 12.5. The molecule has 0 saturated heterocycles. The van der Waals surface area contributed by atoms with Gasteiger partial charge in [-0.05, 0) is 44.1 Å². The molecule has 1 rings (SSSR count). The van der Waals surface area contributed by atoms with Crippen LogP contribution in [0.4, 0.5) is 0 Å². The molecule has 0 radical (unpaired) electrons. The van der Waals surface area contributed by atoms with Crippen molar-refractivity contribution >= 4 is 5.71 Å². The summed E-state index contributed by atoms with van der Waals surface area (Å²) in [6.07, 6.45) is 7.71. The van der Waals surface area contributed by atoms with Gasteiger partial charge in [-0.3, -0.25) is 4.99 Å². The normalized spacial score (nSPS) is 22.7. The summed E-state index contributed by atoms with van der Waals surface area (Å²) in [4.78, 5) is 4.19. The van der Waals surface area contributed by atoms with E-state index in [4.69, 9.17) is 0 Å². The fourth-order valence-corrected chi connectivity index (χ4v) is 2.65. The average molecular weight is 207 g/mol. The zero-order valence-corrected chi connectivity index (χ0v) is 10.9. The van der Waals surface area contributed by atoms with Crippen LogP contribution in [-0.4, -0.2) is 12.8 Å². The predicted octanol–water partition coefficient (Wildman–Crippen LogP) is 4.24. The Morgan fingerprint density at radius 2 is 1.80 bits per heavy atom. The maximum absolute atomic E-state index is 4.19. The minimum atomic E-state index is 0.664. The third-order valence-corrected chi connectivity index (χ3v) is 4.29. The summed E-state index contributed by atoms with van der Waals surface area (Å²) < 4.78 is 0. The Labute approximate surface area is 94.7 Å². The molecule has 0 aliphatic heterocycles. The SMILES string of the molecule is CCC1(CC)CC(/C(C)=C/C(C)=N\C)C1. The van der Waals surface area contributed by atoms with Gasteiger partial charge in [-0.2, -0.15) is 0 Å². The van der Waals surface area contributed by atoms with E-state index in [1.807, 2.05) is 7.05 Å². The van der Waals surface area contributed by atoms with E-state index in [0.29, 0.717) is 5.41 Å². The van der Waals surface area contributed by atoms with Crippen LogP contribution in [-0.2, 0) is 0 Å². The summed E-state index contributed by atoms with van der Waals surface area (Å²) in [5, 5.41) is 0. The lowest BCUT2D eigenvalue weighted by atomic mass is 9.57. The zero-order chi connectivity index (χ0) is 11.5. The summed E-state index contributed by atoms with van der Waals surface area (Å²) in [7, 11) is 1.86. The number of hydrogen-bond acceptors (Lipinski definition) is 1. The maximum Gasteiger partial charge on any atom is 0.0313 e. The Balaban J connectivity index is 2.55. The first-order valence-electron chi connectivity index (χ1n) is 6.18. The van der Waals surface area contributed by atoms with E-state index in [1.54, 1.807) is 0 Å². The van der Waals surface area contributed by atoms with Gasteiger partial charge in [-0.15, -0.1) is 0 Å². The highest BCUT2D eigenvalue weighted by molar-refractivity contribution is 5.93. The van der Waals surface area contributed by atoms with E-state index in [2.05, 4.69) is 38.8 Å². The van der Waals surface area contributed by atoms with E-state index in [1.165, 1.54) is 31.3 Å². The summed E-state index contributed by atoms with van der Waals surface area (Å²) in [6.45, 7) is 9.00. The van der Waals surface area contributed by atoms with Crippen LogP contribution in [0.25, 0.3) is 0 Å². The lowest BCUT2D eigenvalue weighted by Crippen LogP contribution is -2.36. The molecule has 1 aliphatic carbocycles. The molecule has 0 aromatic heterocycles. The van der Waals surface area contributed by atoms with Gasteiger partial charge in [0.15, 0.2) is 0 Å². The van der Waals surface area contributed by atoms with Crippen molar-refractivity contribution in [2.45, 2.75) is 53.4 Å². The third kappa shape index (κ3) is 2.70. The lowest BCUT2D eigenvalue weighted by Gasteiger charge is -2.48. The van der Waals surface area contributed by atoms with Crippen molar-refractivity contribution < 1.29 is 0 Å². The van der Waals surface area contributed by atoms with Crippen molar-refractivity contribution in [2.75, 3.05) is 7.05 Å². The van der Waals surface area contributed by atoms with Crippen LogP contribution in [0.3, 0.4) is 0 Å². The highest BCUT2D eigenvalue weighted by Gasteiger charge is 2.41. The van der Waals surface area contributed by atoms with Crippen LogP contribution in [0, 0.1) is 11.3 Å². The largest absolute Gasteiger partial charge is 0.293 e. The highest BCUT2D eigenvalue weighted by Crippen LogP contribution is 2.53. The molecule has 0 heterocycles. The molecule has 1 fully saturated rings. The number of aliphatic imine (C=N–C) groups is 1. The standard InChI is InChI=1S/C14H25N/c1-6-14(7-2)9-13(10-14)11(3)8-12(4)15-5/h8,13H,6-7,9-10H2,1-5H3/b11-8+,15-12-. The van der Waals surface area contributed by atoms with Gasteiger partial charge in [0, 0.05) is 12.8 Å². The first-order valence-corrected chi connectivity index (χ1v) is 6.18. The van der Waals surface area contributed by atoms with Crippen LogP contribution >= 0.6 is 0 Å². The summed E-state index contributed by atoms with van der Waals surface area (Å²) in [5.74, 6) is 0.821. The van der Waals surface area contributed by atoms with Gasteiger partial charge in [-0.25, -0.2) is 0 Å². The molecule has 0 amide bonds. The first-order chi connectivity index (χ1) is 7.06. The highest BCUT2D eigenvalue weighted by atomic mass is 14.7. The summed E-state index contributed by atoms with van der Waals surface area (Å²) in [6, 6.07) is 0. The molecule has 1 aliphatic rings. The third-order valence-electron chi connectivity index (χ3n) is 4.29. The Hall–Kier alpha value is -0.590. The number of allylic oxidation sites excluding steroid dienone is 2. The van der Waals surface area contributed by atoms with Crippen molar-refractivity contribution in [3.63, 3.8) is 0 Å². The average Bonchev–Trinajstić information content (AvgIpc) is 2.17. The molecule has 0 unspecified atom stereocenters. The predicted molar refractivity (Wildman–Crippen MR) is 68.5 cm³/mol. The van der Waals surface area contributed by atoms with Gasteiger partial charge in [0.2, 0.25) is 0 Å². The van der Waals surface area contributed by atoms with Crippen molar-refractivity contribution in [1.29, 1.82) is 0 Å². The molecule has 0 N–H and O–H groups in total.